The van der Waals surface area contributed by atoms with Crippen molar-refractivity contribution in [2.75, 3.05) is 18.4 Å². The number of carbonyl (C=O) groups excluding carboxylic acids is 1. The highest BCUT2D eigenvalue weighted by Gasteiger charge is 2.24. The molecule has 0 unspecified atom stereocenters. The topological polar surface area (TPSA) is 110 Å². The molecular formula is C21H26N6O3S. The van der Waals surface area contributed by atoms with E-state index in [1.807, 2.05) is 31.2 Å². The minimum atomic E-state index is -3.64. The van der Waals surface area contributed by atoms with Gasteiger partial charge in [0.2, 0.25) is 21.8 Å². The normalized spacial score (nSPS) is 11.6. The summed E-state index contributed by atoms with van der Waals surface area (Å²) in [6, 6.07) is 12.5. The van der Waals surface area contributed by atoms with E-state index in [0.29, 0.717) is 30.2 Å². The molecule has 10 heteroatoms. The highest BCUT2D eigenvalue weighted by molar-refractivity contribution is 7.89. The first-order valence-electron chi connectivity index (χ1n) is 10.0. The van der Waals surface area contributed by atoms with Gasteiger partial charge in [-0.1, -0.05) is 44.2 Å². The second-order valence-electron chi connectivity index (χ2n) is 7.08. The van der Waals surface area contributed by atoms with E-state index >= 15 is 0 Å². The molecule has 1 N–H and O–H groups in total. The van der Waals surface area contributed by atoms with Gasteiger partial charge in [-0.3, -0.25) is 4.79 Å². The van der Waals surface area contributed by atoms with Gasteiger partial charge in [0, 0.05) is 24.3 Å². The van der Waals surface area contributed by atoms with Crippen LogP contribution < -0.4 is 5.32 Å². The Balaban J connectivity index is 1.75. The molecule has 0 saturated carbocycles. The predicted molar refractivity (Wildman–Crippen MR) is 118 cm³/mol. The number of amides is 1. The van der Waals surface area contributed by atoms with Crippen molar-refractivity contribution in [3.8, 4) is 11.4 Å². The molecule has 1 heterocycles. The number of sulfonamides is 1. The Kier molecular flexibility index (Phi) is 6.81. The third-order valence-corrected chi connectivity index (χ3v) is 7.11. The molecule has 9 nitrogen and oxygen atoms in total. The molecule has 1 amide bonds. The highest BCUT2D eigenvalue weighted by Crippen LogP contribution is 2.24. The molecule has 0 radical (unpaired) electrons. The molecule has 164 valence electrons. The van der Waals surface area contributed by atoms with Crippen molar-refractivity contribution in [2.45, 2.75) is 39.1 Å². The van der Waals surface area contributed by atoms with E-state index in [-0.39, 0.29) is 17.3 Å². The smallest absolute Gasteiger partial charge is 0.248 e. The number of anilines is 1. The molecule has 1 aromatic heterocycles. The highest BCUT2D eigenvalue weighted by atomic mass is 32.2. The number of aromatic nitrogens is 4. The summed E-state index contributed by atoms with van der Waals surface area (Å²) < 4.78 is 27.2. The summed E-state index contributed by atoms with van der Waals surface area (Å²) in [7, 11) is -3.64. The van der Waals surface area contributed by atoms with E-state index < -0.39 is 10.0 Å². The lowest BCUT2D eigenvalue weighted by molar-refractivity contribution is -0.117. The predicted octanol–water partition coefficient (Wildman–Crippen LogP) is 2.63. The number of nitrogens with zero attached hydrogens (tertiary/aromatic N) is 5. The minimum absolute atomic E-state index is 0.148. The molecule has 0 atom stereocenters. The molecule has 31 heavy (non-hydrogen) atoms. The quantitative estimate of drug-likeness (QED) is 0.574. The van der Waals surface area contributed by atoms with Gasteiger partial charge in [0.1, 0.15) is 6.54 Å². The van der Waals surface area contributed by atoms with E-state index in [1.165, 1.54) is 15.2 Å². The van der Waals surface area contributed by atoms with Crippen LogP contribution in [0.25, 0.3) is 11.4 Å². The van der Waals surface area contributed by atoms with Crippen LogP contribution in [0, 0.1) is 13.8 Å². The van der Waals surface area contributed by atoms with Crippen LogP contribution in [0.5, 0.6) is 0 Å². The Bertz CT molecular complexity index is 1190. The number of benzene rings is 2. The van der Waals surface area contributed by atoms with Gasteiger partial charge >= 0.3 is 0 Å². The first-order valence-corrected chi connectivity index (χ1v) is 11.4. The average molecular weight is 443 g/mol. The Labute approximate surface area is 182 Å². The first kappa shape index (κ1) is 22.6. The summed E-state index contributed by atoms with van der Waals surface area (Å²) in [4.78, 5) is 13.9. The lowest BCUT2D eigenvalue weighted by atomic mass is 10.1. The van der Waals surface area contributed by atoms with Crippen LogP contribution in [0.15, 0.2) is 47.4 Å². The monoisotopic (exact) mass is 442 g/mol. The molecule has 0 spiro atoms. The number of aryl methyl sites for hydroxylation is 2. The van der Waals surface area contributed by atoms with Crippen LogP contribution in [0.1, 0.15) is 25.0 Å². The van der Waals surface area contributed by atoms with Gasteiger partial charge in [0.05, 0.1) is 4.90 Å². The van der Waals surface area contributed by atoms with Crippen LogP contribution in [0.3, 0.4) is 0 Å². The van der Waals surface area contributed by atoms with Crippen LogP contribution in [-0.2, 0) is 21.4 Å². The molecule has 0 aliphatic rings. The number of carbonyl (C=O) groups is 1. The lowest BCUT2D eigenvalue weighted by Crippen LogP contribution is -2.31. The fourth-order valence-corrected chi connectivity index (χ4v) is 4.94. The Morgan fingerprint density at radius 1 is 1.06 bits per heavy atom. The summed E-state index contributed by atoms with van der Waals surface area (Å²) in [5.74, 6) is 0.0533. The van der Waals surface area contributed by atoms with Crippen molar-refractivity contribution in [1.29, 1.82) is 0 Å². The third kappa shape index (κ3) is 4.97. The molecule has 3 aromatic rings. The Hall–Kier alpha value is -3.11. The van der Waals surface area contributed by atoms with Crippen molar-refractivity contribution in [3.05, 3.63) is 53.6 Å². The fourth-order valence-electron chi connectivity index (χ4n) is 3.23. The summed E-state index contributed by atoms with van der Waals surface area (Å²) in [6.45, 7) is 7.85. The van der Waals surface area contributed by atoms with Crippen molar-refractivity contribution in [1.82, 2.24) is 24.5 Å². The molecular weight excluding hydrogens is 416 g/mol. The van der Waals surface area contributed by atoms with Crippen molar-refractivity contribution in [2.24, 2.45) is 0 Å². The van der Waals surface area contributed by atoms with E-state index in [0.717, 1.165) is 11.1 Å². The zero-order valence-corrected chi connectivity index (χ0v) is 18.8. The number of hydrogen-bond donors (Lipinski definition) is 1. The number of nitrogens with one attached hydrogen (secondary N) is 1. The molecule has 0 fully saturated rings. The van der Waals surface area contributed by atoms with Gasteiger partial charge < -0.3 is 5.32 Å². The van der Waals surface area contributed by atoms with E-state index in [1.54, 1.807) is 32.9 Å². The first-order chi connectivity index (χ1) is 14.8. The van der Waals surface area contributed by atoms with Crippen LogP contribution in [-0.4, -0.2) is 51.9 Å². The molecule has 0 saturated heterocycles. The van der Waals surface area contributed by atoms with Gasteiger partial charge in [-0.15, -0.1) is 10.2 Å². The van der Waals surface area contributed by atoms with E-state index in [2.05, 4.69) is 20.7 Å². The zero-order valence-electron chi connectivity index (χ0n) is 18.0. The third-order valence-electron chi connectivity index (χ3n) is 4.92. The number of hydrogen-bond acceptors (Lipinski definition) is 6. The number of tetrazole rings is 1. The summed E-state index contributed by atoms with van der Waals surface area (Å²) in [5, 5.41) is 14.9. The molecule has 0 bridgehead atoms. The van der Waals surface area contributed by atoms with Gasteiger partial charge in [-0.2, -0.15) is 9.10 Å². The van der Waals surface area contributed by atoms with Crippen LogP contribution in [0.4, 0.5) is 5.69 Å². The van der Waals surface area contributed by atoms with Crippen LogP contribution in [0.2, 0.25) is 0 Å². The summed E-state index contributed by atoms with van der Waals surface area (Å²) in [5.41, 5.74) is 2.86. The van der Waals surface area contributed by atoms with E-state index in [9.17, 15) is 13.2 Å². The maximum atomic E-state index is 12.9. The van der Waals surface area contributed by atoms with Crippen LogP contribution >= 0.6 is 0 Å². The second-order valence-corrected chi connectivity index (χ2v) is 8.98. The van der Waals surface area contributed by atoms with Crippen molar-refractivity contribution in [3.63, 3.8) is 0 Å². The largest absolute Gasteiger partial charge is 0.324 e. The van der Waals surface area contributed by atoms with E-state index in [4.69, 9.17) is 0 Å². The van der Waals surface area contributed by atoms with Gasteiger partial charge in [-0.05, 0) is 42.3 Å². The summed E-state index contributed by atoms with van der Waals surface area (Å²) in [6.07, 6.45) is 0. The lowest BCUT2D eigenvalue weighted by Gasteiger charge is -2.20. The minimum Gasteiger partial charge on any atom is -0.324 e. The molecule has 3 rings (SSSR count). The fraction of sp³-hybridized carbons (Fsp3) is 0.333. The summed E-state index contributed by atoms with van der Waals surface area (Å²) >= 11 is 0. The molecule has 0 aliphatic heterocycles. The number of rotatable bonds is 8. The van der Waals surface area contributed by atoms with Crippen molar-refractivity contribution >= 4 is 21.6 Å². The van der Waals surface area contributed by atoms with Gasteiger partial charge in [0.15, 0.2) is 0 Å². The Morgan fingerprint density at radius 3 is 2.45 bits per heavy atom. The zero-order chi connectivity index (χ0) is 22.6. The van der Waals surface area contributed by atoms with Gasteiger partial charge in [0.25, 0.3) is 0 Å². The molecule has 2 aromatic carbocycles. The molecule has 0 aliphatic carbocycles. The Morgan fingerprint density at radius 2 is 1.77 bits per heavy atom. The standard InChI is InChI=1S/C21H26N6O3S/c1-5-26(6-2)31(29,30)19-13-17(12-11-16(19)4)22-20(28)14-27-24-21(23-25-27)18-10-8-7-9-15(18)3/h7-13H,5-6,14H2,1-4H3,(H,22,28). The maximum absolute atomic E-state index is 12.9. The average Bonchev–Trinajstić information content (AvgIpc) is 3.18. The maximum Gasteiger partial charge on any atom is 0.248 e. The SMILES string of the molecule is CCN(CC)S(=O)(=O)c1cc(NC(=O)Cn2nnc(-c3ccccc3C)n2)ccc1C. The van der Waals surface area contributed by atoms with Crippen molar-refractivity contribution < 1.29 is 13.2 Å². The second kappa shape index (κ2) is 9.36. The van der Waals surface area contributed by atoms with Gasteiger partial charge in [-0.25, -0.2) is 8.42 Å².